The van der Waals surface area contributed by atoms with Crippen molar-refractivity contribution in [1.82, 2.24) is 15.2 Å². The lowest BCUT2D eigenvalue weighted by atomic mass is 10.2. The summed E-state index contributed by atoms with van der Waals surface area (Å²) in [4.78, 5) is 33.3. The Labute approximate surface area is 182 Å². The lowest BCUT2D eigenvalue weighted by Gasteiger charge is -2.34. The molecular formula is C23H29N5O3. The molecule has 8 heteroatoms. The van der Waals surface area contributed by atoms with Gasteiger partial charge in [0.15, 0.2) is 6.61 Å². The molecule has 1 aliphatic heterocycles. The summed E-state index contributed by atoms with van der Waals surface area (Å²) >= 11 is 0. The van der Waals surface area contributed by atoms with Gasteiger partial charge in [-0.25, -0.2) is 4.98 Å². The van der Waals surface area contributed by atoms with E-state index in [1.54, 1.807) is 24.4 Å². The van der Waals surface area contributed by atoms with Gasteiger partial charge in [-0.2, -0.15) is 0 Å². The molecule has 0 bridgehead atoms. The highest BCUT2D eigenvalue weighted by Gasteiger charge is 2.29. The molecule has 1 saturated carbocycles. The first-order valence-corrected chi connectivity index (χ1v) is 10.8. The maximum Gasteiger partial charge on any atom is 0.258 e. The van der Waals surface area contributed by atoms with Gasteiger partial charge in [-0.1, -0.05) is 12.1 Å². The largest absolute Gasteiger partial charge is 0.484 e. The minimum atomic E-state index is -0.208. The zero-order valence-corrected chi connectivity index (χ0v) is 17.8. The molecule has 4 rings (SSSR count). The van der Waals surface area contributed by atoms with Crippen LogP contribution in [-0.2, 0) is 16.1 Å². The van der Waals surface area contributed by atoms with Crippen LogP contribution in [0, 0.1) is 5.92 Å². The minimum Gasteiger partial charge on any atom is -0.484 e. The van der Waals surface area contributed by atoms with Crippen LogP contribution in [0.3, 0.4) is 0 Å². The first-order valence-electron chi connectivity index (χ1n) is 10.8. The third-order valence-corrected chi connectivity index (χ3v) is 5.57. The number of hydrogen-bond donors (Lipinski definition) is 2. The van der Waals surface area contributed by atoms with Gasteiger partial charge in [-0.3, -0.25) is 9.59 Å². The van der Waals surface area contributed by atoms with Gasteiger partial charge >= 0.3 is 0 Å². The molecule has 0 spiro atoms. The molecule has 1 aliphatic carbocycles. The SMILES string of the molecule is CN1CCN(c2ncccc2CNC(=O)COc2cccc(NC(=O)C3CC3)c2)CC1. The number of benzene rings is 1. The Kier molecular flexibility index (Phi) is 6.66. The molecular weight excluding hydrogens is 394 g/mol. The quantitative estimate of drug-likeness (QED) is 0.674. The molecule has 2 N–H and O–H groups in total. The topological polar surface area (TPSA) is 86.8 Å². The van der Waals surface area contributed by atoms with Gasteiger partial charge in [0, 0.05) is 62.2 Å². The van der Waals surface area contributed by atoms with E-state index in [0.717, 1.165) is 50.4 Å². The van der Waals surface area contributed by atoms with E-state index in [-0.39, 0.29) is 24.3 Å². The van der Waals surface area contributed by atoms with Gasteiger partial charge in [0.05, 0.1) is 0 Å². The average molecular weight is 424 g/mol. The standard InChI is InChI=1S/C23H29N5O3/c1-27-10-12-28(13-11-27)22-18(4-3-9-24-22)15-25-21(29)16-31-20-6-2-5-19(14-20)26-23(30)17-7-8-17/h2-6,9,14,17H,7-8,10-13,15-16H2,1H3,(H,25,29)(H,26,30). The summed E-state index contributed by atoms with van der Waals surface area (Å²) in [7, 11) is 2.12. The fourth-order valence-corrected chi connectivity index (χ4v) is 3.52. The van der Waals surface area contributed by atoms with E-state index < -0.39 is 0 Å². The van der Waals surface area contributed by atoms with Gasteiger partial charge < -0.3 is 25.2 Å². The Bertz CT molecular complexity index is 923. The third kappa shape index (κ3) is 5.95. The van der Waals surface area contributed by atoms with Crippen LogP contribution >= 0.6 is 0 Å². The van der Waals surface area contributed by atoms with Crippen molar-refractivity contribution in [2.45, 2.75) is 19.4 Å². The van der Waals surface area contributed by atoms with E-state index in [1.807, 2.05) is 18.2 Å². The second-order valence-electron chi connectivity index (χ2n) is 8.13. The van der Waals surface area contributed by atoms with Gasteiger partial charge in [0.25, 0.3) is 5.91 Å². The number of aromatic nitrogens is 1. The highest BCUT2D eigenvalue weighted by atomic mass is 16.5. The third-order valence-electron chi connectivity index (χ3n) is 5.57. The molecule has 2 amide bonds. The first-order chi connectivity index (χ1) is 15.1. The van der Waals surface area contributed by atoms with Crippen molar-refractivity contribution in [3.05, 3.63) is 48.2 Å². The first kappa shape index (κ1) is 21.1. The Morgan fingerprint density at radius 3 is 2.71 bits per heavy atom. The van der Waals surface area contributed by atoms with E-state index in [4.69, 9.17) is 4.74 Å². The number of amides is 2. The van der Waals surface area contributed by atoms with Crippen LogP contribution in [0.15, 0.2) is 42.6 Å². The molecule has 8 nitrogen and oxygen atoms in total. The van der Waals surface area contributed by atoms with Gasteiger partial charge in [-0.05, 0) is 38.1 Å². The van der Waals surface area contributed by atoms with Crippen LogP contribution < -0.4 is 20.3 Å². The van der Waals surface area contributed by atoms with E-state index in [9.17, 15) is 9.59 Å². The van der Waals surface area contributed by atoms with E-state index in [0.29, 0.717) is 18.0 Å². The van der Waals surface area contributed by atoms with Crippen molar-refractivity contribution in [1.29, 1.82) is 0 Å². The highest BCUT2D eigenvalue weighted by Crippen LogP contribution is 2.30. The summed E-state index contributed by atoms with van der Waals surface area (Å²) < 4.78 is 5.62. The number of hydrogen-bond acceptors (Lipinski definition) is 6. The molecule has 2 fully saturated rings. The van der Waals surface area contributed by atoms with Crippen LogP contribution in [0.4, 0.5) is 11.5 Å². The van der Waals surface area contributed by atoms with Crippen LogP contribution in [0.5, 0.6) is 5.75 Å². The summed E-state index contributed by atoms with van der Waals surface area (Å²) in [6, 6.07) is 11.0. The van der Waals surface area contributed by atoms with Crippen LogP contribution in [-0.4, -0.2) is 61.5 Å². The van der Waals surface area contributed by atoms with Crippen LogP contribution in [0.25, 0.3) is 0 Å². The zero-order chi connectivity index (χ0) is 21.6. The molecule has 1 aromatic carbocycles. The van der Waals surface area contributed by atoms with Gasteiger partial charge in [0.1, 0.15) is 11.6 Å². The Morgan fingerprint density at radius 1 is 1.13 bits per heavy atom. The van der Waals surface area contributed by atoms with Crippen LogP contribution in [0.2, 0.25) is 0 Å². The molecule has 2 aromatic rings. The number of likely N-dealkylation sites (N-methyl/N-ethyl adjacent to an activating group) is 1. The number of piperazine rings is 1. The van der Waals surface area contributed by atoms with E-state index >= 15 is 0 Å². The molecule has 1 saturated heterocycles. The van der Waals surface area contributed by atoms with Crippen LogP contribution in [0.1, 0.15) is 18.4 Å². The predicted molar refractivity (Wildman–Crippen MR) is 119 cm³/mol. The van der Waals surface area contributed by atoms with Crippen molar-refractivity contribution < 1.29 is 14.3 Å². The number of rotatable bonds is 8. The fourth-order valence-electron chi connectivity index (χ4n) is 3.52. The summed E-state index contributed by atoms with van der Waals surface area (Å²) in [6.07, 6.45) is 3.70. The summed E-state index contributed by atoms with van der Waals surface area (Å²) in [5.74, 6) is 1.45. The smallest absolute Gasteiger partial charge is 0.258 e. The molecule has 0 atom stereocenters. The summed E-state index contributed by atoms with van der Waals surface area (Å²) in [5, 5.41) is 5.80. The number of pyridine rings is 1. The Hall–Kier alpha value is -3.13. The number of carbonyl (C=O) groups excluding carboxylic acids is 2. The fraction of sp³-hybridized carbons (Fsp3) is 0.435. The normalized spacial score (nSPS) is 16.6. The average Bonchev–Trinajstić information content (AvgIpc) is 3.63. The van der Waals surface area contributed by atoms with Gasteiger partial charge in [-0.15, -0.1) is 0 Å². The van der Waals surface area contributed by atoms with Crippen molar-refractivity contribution in [3.63, 3.8) is 0 Å². The van der Waals surface area contributed by atoms with E-state index in [1.165, 1.54) is 0 Å². The minimum absolute atomic E-state index is 0.0440. The lowest BCUT2D eigenvalue weighted by molar-refractivity contribution is -0.123. The van der Waals surface area contributed by atoms with Crippen molar-refractivity contribution in [2.75, 3.05) is 50.1 Å². The Balaban J connectivity index is 1.27. The maximum atomic E-state index is 12.3. The predicted octanol–water partition coefficient (Wildman–Crippen LogP) is 1.88. The molecule has 1 aromatic heterocycles. The maximum absolute atomic E-state index is 12.3. The zero-order valence-electron chi connectivity index (χ0n) is 17.8. The number of nitrogens with one attached hydrogen (secondary N) is 2. The molecule has 164 valence electrons. The lowest BCUT2D eigenvalue weighted by Crippen LogP contribution is -2.45. The number of anilines is 2. The van der Waals surface area contributed by atoms with Crippen molar-refractivity contribution >= 4 is 23.3 Å². The summed E-state index contributed by atoms with van der Waals surface area (Å²) in [5.41, 5.74) is 1.67. The Morgan fingerprint density at radius 2 is 1.94 bits per heavy atom. The molecule has 31 heavy (non-hydrogen) atoms. The number of ether oxygens (including phenoxy) is 1. The summed E-state index contributed by atoms with van der Waals surface area (Å²) in [6.45, 7) is 4.14. The van der Waals surface area contributed by atoms with Crippen molar-refractivity contribution in [2.24, 2.45) is 5.92 Å². The second-order valence-corrected chi connectivity index (χ2v) is 8.13. The van der Waals surface area contributed by atoms with Gasteiger partial charge in [0.2, 0.25) is 5.91 Å². The van der Waals surface area contributed by atoms with E-state index in [2.05, 4.69) is 32.5 Å². The molecule has 2 aliphatic rings. The number of carbonyl (C=O) groups is 2. The molecule has 0 radical (unpaired) electrons. The van der Waals surface area contributed by atoms with Crippen molar-refractivity contribution in [3.8, 4) is 5.75 Å². The second kappa shape index (κ2) is 9.78. The molecule has 2 heterocycles. The highest BCUT2D eigenvalue weighted by molar-refractivity contribution is 5.94. The monoisotopic (exact) mass is 423 g/mol. The number of nitrogens with zero attached hydrogens (tertiary/aromatic N) is 3. The molecule has 0 unspecified atom stereocenters.